The van der Waals surface area contributed by atoms with Crippen molar-refractivity contribution in [2.24, 2.45) is 0 Å². The second-order valence-corrected chi connectivity index (χ2v) is 7.85. The lowest BCUT2D eigenvalue weighted by Crippen LogP contribution is -2.60. The van der Waals surface area contributed by atoms with Gasteiger partial charge in [0.25, 0.3) is 0 Å². The summed E-state index contributed by atoms with van der Waals surface area (Å²) in [5, 5.41) is 40.0. The lowest BCUT2D eigenvalue weighted by Gasteiger charge is -2.40. The Morgan fingerprint density at radius 1 is 0.919 bits per heavy atom. The van der Waals surface area contributed by atoms with Crippen LogP contribution in [0.1, 0.15) is 15.9 Å². The summed E-state index contributed by atoms with van der Waals surface area (Å²) in [5.41, 5.74) is 0.430. The highest BCUT2D eigenvalue weighted by atomic mass is 16.7. The number of esters is 1. The molecular formula is C25H28O12. The highest BCUT2D eigenvalue weighted by molar-refractivity contribution is 5.91. The molecule has 1 saturated heterocycles. The number of aliphatic carboxylic acids is 1. The number of carbonyl (C=O) groups excluding carboxylic acids is 1. The number of methoxy groups -OCH3 is 3. The first-order valence-corrected chi connectivity index (χ1v) is 11.0. The first-order valence-electron chi connectivity index (χ1n) is 11.0. The van der Waals surface area contributed by atoms with Crippen molar-refractivity contribution in [3.63, 3.8) is 0 Å². The van der Waals surface area contributed by atoms with Gasteiger partial charge in [-0.15, -0.1) is 0 Å². The van der Waals surface area contributed by atoms with Gasteiger partial charge in [-0.2, -0.15) is 0 Å². The minimum Gasteiger partial charge on any atom is -0.493 e. The fraction of sp³-hybridized carbons (Fsp3) is 0.360. The third kappa shape index (κ3) is 6.49. The van der Waals surface area contributed by atoms with E-state index in [1.54, 1.807) is 18.2 Å². The van der Waals surface area contributed by atoms with Crippen molar-refractivity contribution in [3.05, 3.63) is 53.6 Å². The summed E-state index contributed by atoms with van der Waals surface area (Å²) in [5.74, 6) is -1.09. The molecule has 2 aromatic rings. The summed E-state index contributed by atoms with van der Waals surface area (Å²) >= 11 is 0. The number of hydrogen-bond donors (Lipinski definition) is 4. The number of para-hydroxylation sites is 1. The zero-order valence-electron chi connectivity index (χ0n) is 20.3. The highest BCUT2D eigenvalue weighted by Crippen LogP contribution is 2.38. The standard InChI is InChI=1S/C25H28O12/c1-32-16-10-14(11-17(33-2)23(16)34-3)24(31)35-12-18-20(28)21(29)22(30)25(37-18)36-15-7-5-4-6-13(15)8-9-19(26)27/h4-11,18,20-22,25,28-30H,12H2,1-3H3,(H,26,27)/b9-8+/t18-,20-,21+,22-,25-/m1/s1. The Labute approximate surface area is 212 Å². The molecule has 0 unspecified atom stereocenters. The van der Waals surface area contributed by atoms with Crippen molar-refractivity contribution in [1.82, 2.24) is 0 Å². The quantitative estimate of drug-likeness (QED) is 0.258. The van der Waals surface area contributed by atoms with E-state index in [2.05, 4.69) is 0 Å². The SMILES string of the molecule is COc1cc(C(=O)OC[C@H]2O[C@@H](Oc3ccccc3/C=C/C(=O)O)[C@H](O)[C@@H](O)[C@@H]2O)cc(OC)c1OC. The summed E-state index contributed by atoms with van der Waals surface area (Å²) in [6, 6.07) is 9.11. The first-order chi connectivity index (χ1) is 17.7. The van der Waals surface area contributed by atoms with Crippen LogP contribution in [0.2, 0.25) is 0 Å². The van der Waals surface area contributed by atoms with Crippen LogP contribution >= 0.6 is 0 Å². The number of carbonyl (C=O) groups is 2. The molecule has 3 rings (SSSR count). The van der Waals surface area contributed by atoms with Crippen LogP contribution in [-0.4, -0.2) is 91.0 Å². The fourth-order valence-electron chi connectivity index (χ4n) is 3.60. The number of aliphatic hydroxyl groups is 3. The van der Waals surface area contributed by atoms with Gasteiger partial charge in [0.1, 0.15) is 36.8 Å². The smallest absolute Gasteiger partial charge is 0.338 e. The maximum absolute atomic E-state index is 12.7. The van der Waals surface area contributed by atoms with E-state index in [0.717, 1.165) is 6.08 Å². The monoisotopic (exact) mass is 520 g/mol. The molecule has 1 heterocycles. The van der Waals surface area contributed by atoms with Gasteiger partial charge in [-0.3, -0.25) is 0 Å². The van der Waals surface area contributed by atoms with Gasteiger partial charge in [-0.25, -0.2) is 9.59 Å². The molecule has 0 aliphatic carbocycles. The third-order valence-corrected chi connectivity index (χ3v) is 5.52. The molecule has 0 radical (unpaired) electrons. The maximum atomic E-state index is 12.7. The van der Waals surface area contributed by atoms with Crippen molar-refractivity contribution in [2.75, 3.05) is 27.9 Å². The van der Waals surface area contributed by atoms with Crippen molar-refractivity contribution < 1.29 is 58.4 Å². The van der Waals surface area contributed by atoms with Crippen LogP contribution in [0, 0.1) is 0 Å². The predicted molar refractivity (Wildman–Crippen MR) is 127 cm³/mol. The van der Waals surface area contributed by atoms with Crippen LogP contribution in [0.3, 0.4) is 0 Å². The number of aliphatic hydroxyl groups excluding tert-OH is 3. The van der Waals surface area contributed by atoms with E-state index in [1.165, 1.54) is 45.6 Å². The van der Waals surface area contributed by atoms with Crippen LogP contribution in [0.25, 0.3) is 6.08 Å². The Kier molecular flexibility index (Phi) is 9.31. The highest BCUT2D eigenvalue weighted by Gasteiger charge is 2.45. The Morgan fingerprint density at radius 3 is 2.16 bits per heavy atom. The molecule has 0 saturated carbocycles. The molecule has 12 heteroatoms. The van der Waals surface area contributed by atoms with E-state index in [9.17, 15) is 24.9 Å². The average Bonchev–Trinajstić information content (AvgIpc) is 2.90. The van der Waals surface area contributed by atoms with Gasteiger partial charge in [-0.05, 0) is 24.3 Å². The molecule has 5 atom stereocenters. The molecule has 0 amide bonds. The maximum Gasteiger partial charge on any atom is 0.338 e. The van der Waals surface area contributed by atoms with Crippen LogP contribution in [0.5, 0.6) is 23.0 Å². The zero-order chi connectivity index (χ0) is 27.1. The molecule has 2 aromatic carbocycles. The largest absolute Gasteiger partial charge is 0.493 e. The lowest BCUT2D eigenvalue weighted by atomic mass is 9.99. The van der Waals surface area contributed by atoms with Crippen molar-refractivity contribution in [2.45, 2.75) is 30.7 Å². The van der Waals surface area contributed by atoms with Crippen molar-refractivity contribution in [1.29, 1.82) is 0 Å². The predicted octanol–water partition coefficient (Wildman–Crippen LogP) is 0.854. The summed E-state index contributed by atoms with van der Waals surface area (Å²) in [6.07, 6.45) is -5.50. The summed E-state index contributed by atoms with van der Waals surface area (Å²) in [7, 11) is 4.20. The third-order valence-electron chi connectivity index (χ3n) is 5.52. The number of ether oxygens (including phenoxy) is 6. The van der Waals surface area contributed by atoms with Gasteiger partial charge in [0, 0.05) is 11.6 Å². The van der Waals surface area contributed by atoms with E-state index >= 15 is 0 Å². The summed E-state index contributed by atoms with van der Waals surface area (Å²) < 4.78 is 32.2. The topological polar surface area (TPSA) is 170 Å². The zero-order valence-corrected chi connectivity index (χ0v) is 20.3. The minimum atomic E-state index is -1.69. The van der Waals surface area contributed by atoms with Crippen molar-refractivity contribution in [3.8, 4) is 23.0 Å². The van der Waals surface area contributed by atoms with Gasteiger partial charge in [0.15, 0.2) is 11.5 Å². The second-order valence-electron chi connectivity index (χ2n) is 7.85. The van der Waals surface area contributed by atoms with Gasteiger partial charge in [0.05, 0.1) is 26.9 Å². The normalized spacial score (nSPS) is 23.4. The molecule has 1 aliphatic heterocycles. The Balaban J connectivity index is 1.74. The first kappa shape index (κ1) is 27.7. The van der Waals surface area contributed by atoms with Crippen LogP contribution < -0.4 is 18.9 Å². The minimum absolute atomic E-state index is 0.0623. The van der Waals surface area contributed by atoms with E-state index in [1.807, 2.05) is 0 Å². The summed E-state index contributed by atoms with van der Waals surface area (Å²) in [6.45, 7) is -0.499. The molecule has 0 spiro atoms. The number of hydrogen-bond acceptors (Lipinski definition) is 11. The van der Waals surface area contributed by atoms with E-state index in [0.29, 0.717) is 5.56 Å². The molecule has 0 bridgehead atoms. The molecule has 200 valence electrons. The van der Waals surface area contributed by atoms with Gasteiger partial charge < -0.3 is 48.8 Å². The number of carboxylic acids is 1. The molecule has 37 heavy (non-hydrogen) atoms. The Morgan fingerprint density at radius 2 is 1.57 bits per heavy atom. The van der Waals surface area contributed by atoms with E-state index < -0.39 is 49.3 Å². The molecule has 0 aromatic heterocycles. The average molecular weight is 520 g/mol. The van der Waals surface area contributed by atoms with Crippen LogP contribution in [0.4, 0.5) is 0 Å². The van der Waals surface area contributed by atoms with Crippen LogP contribution in [0.15, 0.2) is 42.5 Å². The number of benzene rings is 2. The van der Waals surface area contributed by atoms with Gasteiger partial charge in [0.2, 0.25) is 12.0 Å². The van der Waals surface area contributed by atoms with Gasteiger partial charge >= 0.3 is 11.9 Å². The lowest BCUT2D eigenvalue weighted by molar-refractivity contribution is -0.277. The van der Waals surface area contributed by atoms with Crippen molar-refractivity contribution >= 4 is 18.0 Å². The number of carboxylic acid groups (broad SMARTS) is 1. The van der Waals surface area contributed by atoms with Crippen LogP contribution in [-0.2, 0) is 14.3 Å². The molecular weight excluding hydrogens is 492 g/mol. The molecule has 1 aliphatic rings. The van der Waals surface area contributed by atoms with Gasteiger partial charge in [-0.1, -0.05) is 18.2 Å². The Bertz CT molecular complexity index is 1110. The Hall–Kier alpha value is -3.84. The van der Waals surface area contributed by atoms with E-state index in [4.69, 9.17) is 33.5 Å². The van der Waals surface area contributed by atoms with E-state index in [-0.39, 0.29) is 28.6 Å². The molecule has 4 N–H and O–H groups in total. The fourth-order valence-corrected chi connectivity index (χ4v) is 3.60. The molecule has 1 fully saturated rings. The molecule has 12 nitrogen and oxygen atoms in total. The second kappa shape index (κ2) is 12.4. The summed E-state index contributed by atoms with van der Waals surface area (Å²) in [4.78, 5) is 23.6. The number of rotatable bonds is 10.